The third kappa shape index (κ3) is 1.46. The smallest absolute Gasteiger partial charge is 0.131 e. The second kappa shape index (κ2) is 4.16. The Morgan fingerprint density at radius 3 is 2.06 bits per heavy atom. The number of ether oxygens (including phenoxy) is 1. The predicted molar refractivity (Wildman–Crippen MR) is 76.2 cm³/mol. The van der Waals surface area contributed by atoms with Crippen LogP contribution in [0.1, 0.15) is 17.0 Å². The molecule has 0 amide bonds. The highest BCUT2D eigenvalue weighted by Gasteiger charge is 2.42. The van der Waals surface area contributed by atoms with Gasteiger partial charge in [-0.1, -0.05) is 58.6 Å². The topological polar surface area (TPSA) is 9.23 Å². The molecule has 1 aromatic carbocycles. The molecular formula is C13H8Cl4O. The van der Waals surface area contributed by atoms with Gasteiger partial charge in [-0.3, -0.25) is 0 Å². The van der Waals surface area contributed by atoms with Gasteiger partial charge in [-0.15, -0.1) is 0 Å². The van der Waals surface area contributed by atoms with Crippen LogP contribution in [0.4, 0.5) is 0 Å². The van der Waals surface area contributed by atoms with Gasteiger partial charge in [0.2, 0.25) is 0 Å². The quantitative estimate of drug-likeness (QED) is 0.384. The lowest BCUT2D eigenvalue weighted by Crippen LogP contribution is -2.32. The molecule has 0 heterocycles. The van der Waals surface area contributed by atoms with Crippen LogP contribution in [0, 0.1) is 0 Å². The summed E-state index contributed by atoms with van der Waals surface area (Å²) < 4.78 is 5.60. The monoisotopic (exact) mass is 320 g/mol. The van der Waals surface area contributed by atoms with Crippen molar-refractivity contribution in [2.24, 2.45) is 0 Å². The largest absolute Gasteiger partial charge is 0.365 e. The van der Waals surface area contributed by atoms with Crippen molar-refractivity contribution in [2.75, 3.05) is 7.11 Å². The number of allylic oxidation sites excluding steroid dienone is 2. The van der Waals surface area contributed by atoms with E-state index in [2.05, 4.69) is 0 Å². The van der Waals surface area contributed by atoms with Crippen molar-refractivity contribution >= 4 is 46.4 Å². The van der Waals surface area contributed by atoms with Gasteiger partial charge in [-0.05, 0) is 17.7 Å². The molecule has 94 valence electrons. The molecule has 0 fully saturated rings. The Balaban J connectivity index is 2.43. The summed E-state index contributed by atoms with van der Waals surface area (Å²) in [5.41, 5.74) is 0.975. The highest BCUT2D eigenvalue weighted by molar-refractivity contribution is 6.52. The summed E-state index contributed by atoms with van der Waals surface area (Å²) in [6.07, 6.45) is 7.98. The molecule has 1 aromatic rings. The van der Waals surface area contributed by atoms with Crippen LogP contribution in [0.5, 0.6) is 0 Å². The average molecular weight is 322 g/mol. The van der Waals surface area contributed by atoms with E-state index >= 15 is 0 Å². The van der Waals surface area contributed by atoms with Crippen molar-refractivity contribution in [1.82, 2.24) is 0 Å². The summed E-state index contributed by atoms with van der Waals surface area (Å²) in [5, 5.41) is 1.42. The lowest BCUT2D eigenvalue weighted by Gasteiger charge is -2.39. The standard InChI is InChI=1S/C13H8Cl4O/c1-18-13-4-2-6(3-5-13)7-8(13)10(15)12(17)11(16)9(7)14/h2-6H,1H3. The first-order chi connectivity index (χ1) is 8.52. The van der Waals surface area contributed by atoms with Crippen LogP contribution in [0.3, 0.4) is 0 Å². The Morgan fingerprint density at radius 1 is 0.944 bits per heavy atom. The molecule has 18 heavy (non-hydrogen) atoms. The van der Waals surface area contributed by atoms with Crippen molar-refractivity contribution in [3.8, 4) is 0 Å². The maximum Gasteiger partial charge on any atom is 0.131 e. The number of methoxy groups -OCH3 is 1. The van der Waals surface area contributed by atoms with Crippen LogP contribution in [0.25, 0.3) is 0 Å². The Labute approximate surface area is 125 Å². The molecule has 0 N–H and O–H groups in total. The van der Waals surface area contributed by atoms with E-state index in [1.54, 1.807) is 7.11 Å². The van der Waals surface area contributed by atoms with E-state index in [1.807, 2.05) is 24.3 Å². The third-order valence-corrected chi connectivity index (χ3v) is 5.28. The van der Waals surface area contributed by atoms with Gasteiger partial charge in [0, 0.05) is 18.6 Å². The van der Waals surface area contributed by atoms with Gasteiger partial charge in [0.25, 0.3) is 0 Å². The molecule has 1 nitrogen and oxygen atoms in total. The zero-order chi connectivity index (χ0) is 13.1. The first-order valence-corrected chi connectivity index (χ1v) is 6.83. The van der Waals surface area contributed by atoms with Crippen LogP contribution in [0.15, 0.2) is 24.3 Å². The van der Waals surface area contributed by atoms with E-state index in [1.165, 1.54) is 0 Å². The summed E-state index contributed by atoms with van der Waals surface area (Å²) in [5.74, 6) is 0.0665. The molecule has 0 aliphatic heterocycles. The molecule has 5 heteroatoms. The predicted octanol–water partition coefficient (Wildman–Crippen LogP) is 5.37. The van der Waals surface area contributed by atoms with Crippen LogP contribution < -0.4 is 0 Å². The molecular weight excluding hydrogens is 314 g/mol. The van der Waals surface area contributed by atoms with Gasteiger partial charge in [0.15, 0.2) is 0 Å². The maximum absolute atomic E-state index is 6.33. The Kier molecular flexibility index (Phi) is 2.96. The summed E-state index contributed by atoms with van der Waals surface area (Å²) in [6.45, 7) is 0. The van der Waals surface area contributed by atoms with Crippen molar-refractivity contribution < 1.29 is 4.74 Å². The fourth-order valence-corrected chi connectivity index (χ4v) is 3.69. The fourth-order valence-electron chi connectivity index (χ4n) is 2.55. The van der Waals surface area contributed by atoms with Crippen LogP contribution in [-0.4, -0.2) is 7.11 Å². The van der Waals surface area contributed by atoms with E-state index in [4.69, 9.17) is 51.1 Å². The van der Waals surface area contributed by atoms with Gasteiger partial charge < -0.3 is 4.74 Å². The minimum atomic E-state index is -0.695. The Bertz CT molecular complexity index is 590. The fraction of sp³-hybridized carbons (Fsp3) is 0.231. The van der Waals surface area contributed by atoms with E-state index in [-0.39, 0.29) is 10.9 Å². The number of benzene rings is 1. The average Bonchev–Trinajstić information content (AvgIpc) is 2.42. The van der Waals surface area contributed by atoms with E-state index < -0.39 is 5.60 Å². The van der Waals surface area contributed by atoms with Gasteiger partial charge >= 0.3 is 0 Å². The van der Waals surface area contributed by atoms with Gasteiger partial charge in [-0.2, -0.15) is 0 Å². The lowest BCUT2D eigenvalue weighted by molar-refractivity contribution is 0.0668. The molecule has 0 spiro atoms. The maximum atomic E-state index is 6.33. The van der Waals surface area contributed by atoms with Crippen molar-refractivity contribution in [2.45, 2.75) is 11.5 Å². The zero-order valence-electron chi connectivity index (χ0n) is 9.31. The minimum absolute atomic E-state index is 0.0665. The normalized spacial score (nSPS) is 27.7. The van der Waals surface area contributed by atoms with Crippen molar-refractivity contribution in [3.05, 3.63) is 55.5 Å². The number of hydrogen-bond donors (Lipinski definition) is 0. The molecule has 0 unspecified atom stereocenters. The first-order valence-electron chi connectivity index (χ1n) is 5.32. The molecule has 0 aromatic heterocycles. The van der Waals surface area contributed by atoms with Crippen LogP contribution in [-0.2, 0) is 10.3 Å². The molecule has 3 aliphatic rings. The number of rotatable bonds is 1. The number of hydrogen-bond acceptors (Lipinski definition) is 1. The van der Waals surface area contributed by atoms with Crippen molar-refractivity contribution in [1.29, 1.82) is 0 Å². The van der Waals surface area contributed by atoms with Gasteiger partial charge in [0.1, 0.15) is 5.60 Å². The summed E-state index contributed by atoms with van der Waals surface area (Å²) >= 11 is 24.9. The summed E-state index contributed by atoms with van der Waals surface area (Å²) in [6, 6.07) is 0. The molecule has 0 saturated carbocycles. The SMILES string of the molecule is COC12C=CC(C=C1)c1c(Cl)c(Cl)c(Cl)c(Cl)c12. The van der Waals surface area contributed by atoms with Gasteiger partial charge in [-0.25, -0.2) is 0 Å². The third-order valence-electron chi connectivity index (χ3n) is 3.47. The minimum Gasteiger partial charge on any atom is -0.365 e. The number of halogens is 4. The molecule has 0 saturated heterocycles. The first kappa shape index (κ1) is 12.8. The summed E-state index contributed by atoms with van der Waals surface area (Å²) in [4.78, 5) is 0. The van der Waals surface area contributed by atoms with E-state index in [9.17, 15) is 0 Å². The summed E-state index contributed by atoms with van der Waals surface area (Å²) in [7, 11) is 1.62. The van der Waals surface area contributed by atoms with E-state index in [0.717, 1.165) is 11.1 Å². The highest BCUT2D eigenvalue weighted by atomic mass is 35.5. The lowest BCUT2D eigenvalue weighted by atomic mass is 9.73. The zero-order valence-corrected chi connectivity index (χ0v) is 12.3. The van der Waals surface area contributed by atoms with Crippen LogP contribution >= 0.6 is 46.4 Å². The van der Waals surface area contributed by atoms with Gasteiger partial charge in [0.05, 0.1) is 20.1 Å². The molecule has 0 radical (unpaired) electrons. The second-order valence-electron chi connectivity index (χ2n) is 4.29. The van der Waals surface area contributed by atoms with Crippen molar-refractivity contribution in [3.63, 3.8) is 0 Å². The molecule has 3 aliphatic carbocycles. The van der Waals surface area contributed by atoms with Crippen LogP contribution in [0.2, 0.25) is 20.1 Å². The molecule has 4 rings (SSSR count). The molecule has 2 bridgehead atoms. The molecule has 0 atom stereocenters. The highest BCUT2D eigenvalue weighted by Crippen LogP contribution is 2.54. The Morgan fingerprint density at radius 2 is 1.50 bits per heavy atom. The second-order valence-corrected chi connectivity index (χ2v) is 5.80. The Hall–Kier alpha value is -0.180. The van der Waals surface area contributed by atoms with E-state index in [0.29, 0.717) is 15.1 Å².